The molecule has 2 heterocycles. The van der Waals surface area contributed by atoms with Gasteiger partial charge in [-0.2, -0.15) is 5.10 Å². The number of nitrogens with zero attached hydrogens (tertiary/aromatic N) is 3. The van der Waals surface area contributed by atoms with Crippen molar-refractivity contribution in [3.8, 4) is 0 Å². The number of ether oxygens (including phenoxy) is 1. The molecule has 0 aromatic carbocycles. The first-order valence-electron chi connectivity index (χ1n) is 6.24. The van der Waals surface area contributed by atoms with Crippen LogP contribution in [-0.2, 0) is 18.3 Å². The summed E-state index contributed by atoms with van der Waals surface area (Å²) in [5.74, 6) is 0. The smallest absolute Gasteiger partial charge is 0.278 e. The third kappa shape index (κ3) is 3.20. The van der Waals surface area contributed by atoms with E-state index in [2.05, 4.69) is 5.10 Å². The Kier molecular flexibility index (Phi) is 5.58. The number of fused-ring (bicyclic) bond motifs is 1. The Hall–Kier alpha value is -1.62. The van der Waals surface area contributed by atoms with E-state index in [1.807, 2.05) is 39.4 Å². The maximum absolute atomic E-state index is 12.0. The number of aryl methyl sites for hydroxylation is 2. The van der Waals surface area contributed by atoms with Crippen LogP contribution in [0.4, 0.5) is 0 Å². The molecule has 0 bridgehead atoms. The molecular weight excluding hydrogens is 230 g/mol. The normalized spacial score (nSPS) is 10.2. The van der Waals surface area contributed by atoms with Gasteiger partial charge in [-0.15, -0.1) is 0 Å². The fraction of sp³-hybridized carbons (Fsp3) is 0.538. The lowest BCUT2D eigenvalue weighted by Crippen LogP contribution is -2.20. The highest BCUT2D eigenvalue weighted by molar-refractivity contribution is 5.76. The first-order valence-corrected chi connectivity index (χ1v) is 6.24. The Balaban J connectivity index is 0.000000771. The van der Waals surface area contributed by atoms with E-state index in [4.69, 9.17) is 4.74 Å². The van der Waals surface area contributed by atoms with Crippen LogP contribution < -0.4 is 5.56 Å². The summed E-state index contributed by atoms with van der Waals surface area (Å²) in [6, 6.07) is 1.91. The lowest BCUT2D eigenvalue weighted by atomic mass is 10.3. The van der Waals surface area contributed by atoms with Crippen LogP contribution in [-0.4, -0.2) is 28.1 Å². The van der Waals surface area contributed by atoms with Crippen LogP contribution >= 0.6 is 0 Å². The number of methoxy groups -OCH3 is 1. The summed E-state index contributed by atoms with van der Waals surface area (Å²) in [4.78, 5) is 12.0. The van der Waals surface area contributed by atoms with Crippen LogP contribution in [0.25, 0.3) is 10.9 Å². The van der Waals surface area contributed by atoms with E-state index < -0.39 is 0 Å². The van der Waals surface area contributed by atoms with Gasteiger partial charge >= 0.3 is 0 Å². The number of hydrogen-bond donors (Lipinski definition) is 0. The van der Waals surface area contributed by atoms with Gasteiger partial charge in [-0.05, 0) is 12.5 Å². The molecule has 0 fully saturated rings. The fourth-order valence-corrected chi connectivity index (χ4v) is 1.72. The van der Waals surface area contributed by atoms with Crippen LogP contribution in [0, 0.1) is 0 Å². The largest absolute Gasteiger partial charge is 0.385 e. The molecule has 0 saturated heterocycles. The lowest BCUT2D eigenvalue weighted by Gasteiger charge is -2.04. The van der Waals surface area contributed by atoms with Crippen LogP contribution in [0.15, 0.2) is 23.3 Å². The Morgan fingerprint density at radius 3 is 2.78 bits per heavy atom. The summed E-state index contributed by atoms with van der Waals surface area (Å²) in [5, 5.41) is 5.04. The van der Waals surface area contributed by atoms with Crippen molar-refractivity contribution in [2.45, 2.75) is 26.8 Å². The molecule has 2 aromatic heterocycles. The SMILES string of the molecule is CC.COCCCn1ccc2cn(C)nc2c1=O. The van der Waals surface area contributed by atoms with Crippen LogP contribution in [0.2, 0.25) is 0 Å². The Labute approximate surface area is 107 Å². The van der Waals surface area contributed by atoms with Gasteiger partial charge in [0.05, 0.1) is 0 Å². The van der Waals surface area contributed by atoms with Crippen molar-refractivity contribution in [3.63, 3.8) is 0 Å². The number of hydrogen-bond acceptors (Lipinski definition) is 3. The molecule has 0 radical (unpaired) electrons. The van der Waals surface area contributed by atoms with Gasteiger partial charge in [-0.25, -0.2) is 0 Å². The second-order valence-electron chi connectivity index (χ2n) is 3.77. The molecule has 0 unspecified atom stereocenters. The molecule has 0 aliphatic rings. The average Bonchev–Trinajstić information content (AvgIpc) is 2.77. The summed E-state index contributed by atoms with van der Waals surface area (Å²) in [7, 11) is 3.47. The van der Waals surface area contributed by atoms with Crippen molar-refractivity contribution in [1.82, 2.24) is 14.3 Å². The summed E-state index contributed by atoms with van der Waals surface area (Å²) < 4.78 is 8.29. The Morgan fingerprint density at radius 2 is 2.11 bits per heavy atom. The van der Waals surface area contributed by atoms with E-state index >= 15 is 0 Å². The van der Waals surface area contributed by atoms with Gasteiger partial charge in [-0.3, -0.25) is 9.48 Å². The molecular formula is C13H21N3O2. The van der Waals surface area contributed by atoms with Crippen molar-refractivity contribution in [2.24, 2.45) is 7.05 Å². The molecule has 5 nitrogen and oxygen atoms in total. The molecule has 2 rings (SSSR count). The number of rotatable bonds is 4. The van der Waals surface area contributed by atoms with Crippen LogP contribution in [0.3, 0.4) is 0 Å². The van der Waals surface area contributed by atoms with Crippen molar-refractivity contribution in [1.29, 1.82) is 0 Å². The lowest BCUT2D eigenvalue weighted by molar-refractivity contribution is 0.190. The molecule has 5 heteroatoms. The molecule has 0 N–H and O–H groups in total. The summed E-state index contributed by atoms with van der Waals surface area (Å²) in [5.41, 5.74) is 0.497. The highest BCUT2D eigenvalue weighted by atomic mass is 16.5. The standard InChI is InChI=1S/C11H15N3O2.C2H6/c1-13-8-9-4-6-14(5-3-7-16-2)11(15)10(9)12-13;1-2/h4,6,8H,3,5,7H2,1-2H3;1-2H3. The van der Waals surface area contributed by atoms with Crippen molar-refractivity contribution in [2.75, 3.05) is 13.7 Å². The predicted octanol–water partition coefficient (Wildman–Crippen LogP) is 1.80. The summed E-state index contributed by atoms with van der Waals surface area (Å²) in [6.07, 6.45) is 4.48. The Morgan fingerprint density at radius 1 is 1.39 bits per heavy atom. The zero-order chi connectivity index (χ0) is 13.5. The maximum Gasteiger partial charge on any atom is 0.278 e. The van der Waals surface area contributed by atoms with Crippen LogP contribution in [0.5, 0.6) is 0 Å². The molecule has 0 aliphatic carbocycles. The van der Waals surface area contributed by atoms with Crippen molar-refractivity contribution in [3.05, 3.63) is 28.8 Å². The summed E-state index contributed by atoms with van der Waals surface area (Å²) in [6.45, 7) is 5.33. The van der Waals surface area contributed by atoms with Gasteiger partial charge in [0.15, 0.2) is 5.52 Å². The second-order valence-corrected chi connectivity index (χ2v) is 3.77. The van der Waals surface area contributed by atoms with E-state index in [0.29, 0.717) is 18.7 Å². The fourth-order valence-electron chi connectivity index (χ4n) is 1.72. The number of aromatic nitrogens is 3. The summed E-state index contributed by atoms with van der Waals surface area (Å²) >= 11 is 0. The first-order chi connectivity index (χ1) is 8.72. The van der Waals surface area contributed by atoms with E-state index in [0.717, 1.165) is 11.8 Å². The minimum Gasteiger partial charge on any atom is -0.385 e. The molecule has 0 aliphatic heterocycles. The van der Waals surface area contributed by atoms with E-state index in [-0.39, 0.29) is 5.56 Å². The van der Waals surface area contributed by atoms with E-state index in [9.17, 15) is 4.79 Å². The van der Waals surface area contributed by atoms with E-state index in [1.165, 1.54) is 0 Å². The van der Waals surface area contributed by atoms with Gasteiger partial charge in [0.1, 0.15) is 0 Å². The van der Waals surface area contributed by atoms with Crippen molar-refractivity contribution >= 4 is 10.9 Å². The Bertz CT molecular complexity index is 543. The molecule has 0 atom stereocenters. The predicted molar refractivity (Wildman–Crippen MR) is 72.8 cm³/mol. The van der Waals surface area contributed by atoms with Crippen LogP contribution in [0.1, 0.15) is 20.3 Å². The molecule has 0 saturated carbocycles. The molecule has 0 spiro atoms. The number of pyridine rings is 1. The quantitative estimate of drug-likeness (QED) is 0.778. The second kappa shape index (κ2) is 6.96. The zero-order valence-electron chi connectivity index (χ0n) is 11.5. The monoisotopic (exact) mass is 251 g/mol. The first kappa shape index (κ1) is 14.4. The van der Waals surface area contributed by atoms with Gasteiger partial charge in [0.25, 0.3) is 5.56 Å². The minimum atomic E-state index is -0.0331. The van der Waals surface area contributed by atoms with Gasteiger partial charge in [0.2, 0.25) is 0 Å². The molecule has 0 amide bonds. The van der Waals surface area contributed by atoms with E-state index in [1.54, 1.807) is 16.4 Å². The average molecular weight is 251 g/mol. The highest BCUT2D eigenvalue weighted by Crippen LogP contribution is 2.05. The third-order valence-electron chi connectivity index (χ3n) is 2.50. The van der Waals surface area contributed by atoms with Gasteiger partial charge in [-0.1, -0.05) is 13.8 Å². The third-order valence-corrected chi connectivity index (χ3v) is 2.50. The highest BCUT2D eigenvalue weighted by Gasteiger charge is 2.05. The molecule has 100 valence electrons. The topological polar surface area (TPSA) is 49.0 Å². The minimum absolute atomic E-state index is 0.0331. The van der Waals surface area contributed by atoms with Crippen molar-refractivity contribution < 1.29 is 4.74 Å². The maximum atomic E-state index is 12.0. The zero-order valence-corrected chi connectivity index (χ0v) is 11.5. The van der Waals surface area contributed by atoms with Gasteiger partial charge in [0, 0.05) is 45.1 Å². The van der Waals surface area contributed by atoms with Gasteiger partial charge < -0.3 is 9.30 Å². The molecule has 18 heavy (non-hydrogen) atoms. The molecule has 2 aromatic rings.